The summed E-state index contributed by atoms with van der Waals surface area (Å²) in [5.74, 6) is 1.28. The number of rotatable bonds is 5. The fourth-order valence-electron chi connectivity index (χ4n) is 4.25. The third-order valence-electron chi connectivity index (χ3n) is 5.92. The van der Waals surface area contributed by atoms with E-state index in [0.29, 0.717) is 18.4 Å². The van der Waals surface area contributed by atoms with Crippen LogP contribution in [0.5, 0.6) is 0 Å². The van der Waals surface area contributed by atoms with Gasteiger partial charge in [-0.25, -0.2) is 0 Å². The monoisotopic (exact) mass is 344 g/mol. The quantitative estimate of drug-likeness (QED) is 0.893. The van der Waals surface area contributed by atoms with E-state index in [4.69, 9.17) is 0 Å². The van der Waals surface area contributed by atoms with Crippen molar-refractivity contribution >= 4 is 5.91 Å². The molecule has 138 valence electrons. The van der Waals surface area contributed by atoms with Crippen LogP contribution in [0, 0.1) is 11.8 Å². The number of piperidine rings is 2. The van der Waals surface area contributed by atoms with E-state index in [-0.39, 0.29) is 12.0 Å². The molecule has 1 aromatic carbocycles. The maximum absolute atomic E-state index is 12.6. The normalized spacial score (nSPS) is 24.2. The SMILES string of the molecule is CC(O)C1CCCN(CC(=O)N2CCC(Cc3ccccc3)CC2)C1. The molecular weight excluding hydrogens is 312 g/mol. The van der Waals surface area contributed by atoms with Gasteiger partial charge >= 0.3 is 0 Å². The summed E-state index contributed by atoms with van der Waals surface area (Å²) in [5, 5.41) is 9.81. The largest absolute Gasteiger partial charge is 0.393 e. The zero-order valence-electron chi connectivity index (χ0n) is 15.4. The van der Waals surface area contributed by atoms with Crippen LogP contribution in [0.2, 0.25) is 0 Å². The molecular formula is C21H32N2O2. The summed E-state index contributed by atoms with van der Waals surface area (Å²) >= 11 is 0. The summed E-state index contributed by atoms with van der Waals surface area (Å²) < 4.78 is 0. The van der Waals surface area contributed by atoms with Gasteiger partial charge in [-0.1, -0.05) is 30.3 Å². The molecule has 3 rings (SSSR count). The number of aliphatic hydroxyl groups is 1. The van der Waals surface area contributed by atoms with Crippen LogP contribution in [0.4, 0.5) is 0 Å². The number of nitrogens with zero attached hydrogens (tertiary/aromatic N) is 2. The maximum Gasteiger partial charge on any atom is 0.236 e. The lowest BCUT2D eigenvalue weighted by molar-refractivity contribution is -0.134. The highest BCUT2D eigenvalue weighted by Crippen LogP contribution is 2.23. The third-order valence-corrected chi connectivity index (χ3v) is 5.92. The number of carbonyl (C=O) groups is 1. The minimum atomic E-state index is -0.272. The van der Waals surface area contributed by atoms with E-state index in [9.17, 15) is 9.90 Å². The van der Waals surface area contributed by atoms with Gasteiger partial charge in [-0.3, -0.25) is 9.69 Å². The van der Waals surface area contributed by atoms with Crippen molar-refractivity contribution in [2.45, 2.75) is 45.1 Å². The minimum Gasteiger partial charge on any atom is -0.393 e. The first-order chi connectivity index (χ1) is 12.1. The molecule has 2 unspecified atom stereocenters. The van der Waals surface area contributed by atoms with Gasteiger partial charge in [-0.05, 0) is 63.0 Å². The summed E-state index contributed by atoms with van der Waals surface area (Å²) in [5.41, 5.74) is 1.41. The minimum absolute atomic E-state index is 0.268. The standard InChI is InChI=1S/C21H32N2O2/c1-17(24)20-8-5-11-22(15-20)16-21(25)23-12-9-19(10-13-23)14-18-6-3-2-4-7-18/h2-4,6-7,17,19-20,24H,5,8-16H2,1H3. The van der Waals surface area contributed by atoms with Gasteiger partial charge in [0.25, 0.3) is 0 Å². The first-order valence-corrected chi connectivity index (χ1v) is 9.84. The molecule has 1 N–H and O–H groups in total. The van der Waals surface area contributed by atoms with Crippen molar-refractivity contribution in [3.63, 3.8) is 0 Å². The van der Waals surface area contributed by atoms with Crippen LogP contribution in [0.15, 0.2) is 30.3 Å². The molecule has 1 aromatic rings. The number of hydrogen-bond donors (Lipinski definition) is 1. The molecule has 2 fully saturated rings. The first-order valence-electron chi connectivity index (χ1n) is 9.84. The second-order valence-corrected chi connectivity index (χ2v) is 7.89. The van der Waals surface area contributed by atoms with Gasteiger partial charge in [-0.15, -0.1) is 0 Å². The van der Waals surface area contributed by atoms with Crippen LogP contribution in [0.1, 0.15) is 38.2 Å². The van der Waals surface area contributed by atoms with Crippen LogP contribution in [0.3, 0.4) is 0 Å². The first kappa shape index (κ1) is 18.4. The molecule has 4 nitrogen and oxygen atoms in total. The number of carbonyl (C=O) groups excluding carboxylic acids is 1. The molecule has 25 heavy (non-hydrogen) atoms. The molecule has 4 heteroatoms. The van der Waals surface area contributed by atoms with Gasteiger partial charge in [0.05, 0.1) is 12.6 Å². The van der Waals surface area contributed by atoms with Gasteiger partial charge < -0.3 is 10.0 Å². The highest BCUT2D eigenvalue weighted by atomic mass is 16.3. The van der Waals surface area contributed by atoms with Crippen molar-refractivity contribution in [2.75, 3.05) is 32.7 Å². The number of hydrogen-bond acceptors (Lipinski definition) is 3. The molecule has 1 amide bonds. The van der Waals surface area contributed by atoms with Crippen LogP contribution < -0.4 is 0 Å². The molecule has 2 aliphatic rings. The number of amides is 1. The van der Waals surface area contributed by atoms with E-state index < -0.39 is 0 Å². The summed E-state index contributed by atoms with van der Waals surface area (Å²) in [4.78, 5) is 16.9. The number of benzene rings is 1. The Morgan fingerprint density at radius 1 is 1.16 bits per heavy atom. The molecule has 2 aliphatic heterocycles. The molecule has 0 radical (unpaired) electrons. The van der Waals surface area contributed by atoms with E-state index in [1.165, 1.54) is 5.56 Å². The predicted octanol–water partition coefficient (Wildman–Crippen LogP) is 2.56. The van der Waals surface area contributed by atoms with Gasteiger partial charge in [0, 0.05) is 19.6 Å². The Morgan fingerprint density at radius 2 is 1.88 bits per heavy atom. The van der Waals surface area contributed by atoms with Crippen molar-refractivity contribution in [1.29, 1.82) is 0 Å². The van der Waals surface area contributed by atoms with Crippen LogP contribution >= 0.6 is 0 Å². The van der Waals surface area contributed by atoms with E-state index in [0.717, 1.165) is 58.3 Å². The van der Waals surface area contributed by atoms with Crippen LogP contribution in [-0.4, -0.2) is 59.6 Å². The smallest absolute Gasteiger partial charge is 0.236 e. The Labute approximate surface area is 151 Å². The molecule has 2 atom stereocenters. The lowest BCUT2D eigenvalue weighted by Gasteiger charge is -2.37. The summed E-state index contributed by atoms with van der Waals surface area (Å²) in [7, 11) is 0. The van der Waals surface area contributed by atoms with E-state index in [2.05, 4.69) is 35.2 Å². The lowest BCUT2D eigenvalue weighted by atomic mass is 9.90. The third kappa shape index (κ3) is 5.29. The molecule has 0 saturated carbocycles. The van der Waals surface area contributed by atoms with Crippen molar-refractivity contribution in [1.82, 2.24) is 9.80 Å². The Hall–Kier alpha value is -1.39. The molecule has 0 bridgehead atoms. The van der Waals surface area contributed by atoms with Crippen LogP contribution in [-0.2, 0) is 11.2 Å². The number of aliphatic hydroxyl groups excluding tert-OH is 1. The topological polar surface area (TPSA) is 43.8 Å². The lowest BCUT2D eigenvalue weighted by Crippen LogP contribution is -2.47. The van der Waals surface area contributed by atoms with Gasteiger partial charge in [0.2, 0.25) is 5.91 Å². The summed E-state index contributed by atoms with van der Waals surface area (Å²) in [6, 6.07) is 10.7. The second-order valence-electron chi connectivity index (χ2n) is 7.89. The Morgan fingerprint density at radius 3 is 2.56 bits per heavy atom. The molecule has 2 saturated heterocycles. The van der Waals surface area contributed by atoms with Gasteiger partial charge in [-0.2, -0.15) is 0 Å². The maximum atomic E-state index is 12.6. The van der Waals surface area contributed by atoms with Gasteiger partial charge in [0.1, 0.15) is 0 Å². The second kappa shape index (κ2) is 8.81. The Balaban J connectivity index is 1.42. The fraction of sp³-hybridized carbons (Fsp3) is 0.667. The van der Waals surface area contributed by atoms with Crippen molar-refractivity contribution in [3.05, 3.63) is 35.9 Å². The molecule has 0 spiro atoms. The van der Waals surface area contributed by atoms with Crippen molar-refractivity contribution < 1.29 is 9.90 Å². The fourth-order valence-corrected chi connectivity index (χ4v) is 4.25. The van der Waals surface area contributed by atoms with E-state index >= 15 is 0 Å². The van der Waals surface area contributed by atoms with Gasteiger partial charge in [0.15, 0.2) is 0 Å². The number of likely N-dealkylation sites (tertiary alicyclic amines) is 2. The van der Waals surface area contributed by atoms with E-state index in [1.54, 1.807) is 0 Å². The van der Waals surface area contributed by atoms with Crippen molar-refractivity contribution in [2.24, 2.45) is 11.8 Å². The van der Waals surface area contributed by atoms with Crippen LogP contribution in [0.25, 0.3) is 0 Å². The van der Waals surface area contributed by atoms with E-state index in [1.807, 2.05) is 11.8 Å². The average Bonchev–Trinajstić information content (AvgIpc) is 2.63. The van der Waals surface area contributed by atoms with Crippen molar-refractivity contribution in [3.8, 4) is 0 Å². The zero-order valence-corrected chi connectivity index (χ0v) is 15.4. The Bertz CT molecular complexity index is 538. The summed E-state index contributed by atoms with van der Waals surface area (Å²) in [6.07, 6.45) is 5.24. The predicted molar refractivity (Wildman–Crippen MR) is 100 cm³/mol. The molecule has 2 heterocycles. The molecule has 0 aromatic heterocycles. The zero-order chi connectivity index (χ0) is 17.6. The summed E-state index contributed by atoms with van der Waals surface area (Å²) in [6.45, 7) is 6.02. The molecule has 0 aliphatic carbocycles. The average molecular weight is 344 g/mol. The highest BCUT2D eigenvalue weighted by molar-refractivity contribution is 5.78. The Kier molecular flexibility index (Phi) is 6.49. The highest BCUT2D eigenvalue weighted by Gasteiger charge is 2.28.